The Morgan fingerprint density at radius 3 is 2.41 bits per heavy atom. The van der Waals surface area contributed by atoms with Crippen molar-refractivity contribution in [1.82, 2.24) is 5.32 Å². The monoisotopic (exact) mass is 486 g/mol. The van der Waals surface area contributed by atoms with E-state index in [1.165, 1.54) is 24.3 Å². The van der Waals surface area contributed by atoms with Crippen molar-refractivity contribution in [2.24, 2.45) is 0 Å². The van der Waals surface area contributed by atoms with Crippen LogP contribution in [0.15, 0.2) is 54.6 Å². The molecule has 2 saturated heterocycles. The second kappa shape index (κ2) is 8.73. The number of hydrogen-bond donors (Lipinski definition) is 1. The molecule has 0 bridgehead atoms. The van der Waals surface area contributed by atoms with Crippen LogP contribution in [-0.4, -0.2) is 54.2 Å². The minimum Gasteiger partial charge on any atom is -0.415 e. The summed E-state index contributed by atoms with van der Waals surface area (Å²) >= 11 is 0. The van der Waals surface area contributed by atoms with Gasteiger partial charge in [0, 0.05) is 12.1 Å². The van der Waals surface area contributed by atoms with E-state index in [9.17, 15) is 28.7 Å². The molecule has 3 unspecified atom stereocenters. The molecule has 2 aliphatic heterocycles. The highest BCUT2D eigenvalue weighted by Crippen LogP contribution is 2.46. The number of ether oxygens (including phenoxy) is 1. The summed E-state index contributed by atoms with van der Waals surface area (Å²) in [5.41, 5.74) is 1.18. The molecule has 34 heavy (non-hydrogen) atoms. The Hall–Kier alpha value is -3.44. The van der Waals surface area contributed by atoms with Crippen LogP contribution in [0.3, 0.4) is 0 Å². The number of fused-ring (bicyclic) bond motifs is 1. The lowest BCUT2D eigenvalue weighted by atomic mass is 9.99. The van der Waals surface area contributed by atoms with E-state index in [4.69, 9.17) is 4.74 Å². The van der Waals surface area contributed by atoms with Crippen molar-refractivity contribution in [2.75, 3.05) is 6.54 Å². The number of nitro benzene ring substituents is 1. The fraction of sp³-hybridized carbons (Fsp3) is 0.348. The van der Waals surface area contributed by atoms with Crippen LogP contribution in [-0.2, 0) is 38.2 Å². The molecule has 11 heteroatoms. The molecule has 4 rings (SSSR count). The number of β-lactam (4-membered cyclic amide) rings is 1. The van der Waals surface area contributed by atoms with E-state index in [1.54, 1.807) is 38.1 Å². The number of rotatable bonds is 6. The number of nitrogens with zero attached hydrogens (tertiary/aromatic N) is 2. The molecule has 0 spiro atoms. The number of carbonyl (C=O) groups excluding carboxylic acids is 3. The third-order valence-corrected chi connectivity index (χ3v) is 8.42. The van der Waals surface area contributed by atoms with Gasteiger partial charge in [-0.25, -0.2) is 4.79 Å². The van der Waals surface area contributed by atoms with Gasteiger partial charge in [-0.3, -0.25) is 19.1 Å². The maximum Gasteiger partial charge on any atom is 0.525 e. The van der Waals surface area contributed by atoms with Gasteiger partial charge in [0.1, 0.15) is 13.2 Å². The van der Waals surface area contributed by atoms with Gasteiger partial charge in [-0.05, 0) is 37.1 Å². The Kier molecular flexibility index (Phi) is 6.09. The van der Waals surface area contributed by atoms with Crippen LogP contribution in [0.5, 0.6) is 0 Å². The van der Waals surface area contributed by atoms with Crippen molar-refractivity contribution < 1.29 is 32.7 Å². The molecule has 0 radical (unpaired) electrons. The van der Waals surface area contributed by atoms with Crippen molar-refractivity contribution in [3.63, 3.8) is 0 Å². The number of nitro groups is 1. The Bertz CT molecular complexity index is 1180. The van der Waals surface area contributed by atoms with Gasteiger partial charge in [-0.2, -0.15) is 4.79 Å². The van der Waals surface area contributed by atoms with Crippen LogP contribution in [0, 0.1) is 10.1 Å². The second-order valence-electron chi connectivity index (χ2n) is 9.00. The van der Waals surface area contributed by atoms with Crippen LogP contribution in [0.4, 0.5) is 10.5 Å². The minimum atomic E-state index is -1.59. The molecule has 0 aliphatic carbocycles. The van der Waals surface area contributed by atoms with E-state index >= 15 is 0 Å². The molecule has 0 saturated carbocycles. The Morgan fingerprint density at radius 1 is 1.15 bits per heavy atom. The maximum atomic E-state index is 13.2. The molecular weight excluding hydrogens is 462 g/mol. The van der Waals surface area contributed by atoms with Crippen molar-refractivity contribution in [2.45, 2.75) is 43.0 Å². The smallest absolute Gasteiger partial charge is 0.415 e. The molecule has 2 fully saturated rings. The van der Waals surface area contributed by atoms with Gasteiger partial charge in [0.25, 0.3) is 5.69 Å². The molecule has 178 valence electrons. The van der Waals surface area contributed by atoms with Gasteiger partial charge in [0.05, 0.1) is 26.9 Å². The number of benzene rings is 2. The summed E-state index contributed by atoms with van der Waals surface area (Å²) in [4.78, 5) is 49.1. The van der Waals surface area contributed by atoms with Gasteiger partial charge in [0.15, 0.2) is 0 Å². The number of nitrogens with one attached hydrogen (secondary N) is 1. The lowest BCUT2D eigenvalue weighted by Crippen LogP contribution is -2.81. The average molecular weight is 487 g/mol. The van der Waals surface area contributed by atoms with Crippen LogP contribution in [0.25, 0.3) is 0 Å². The fourth-order valence-electron chi connectivity index (χ4n) is 4.49. The maximum absolute atomic E-state index is 13.2. The van der Waals surface area contributed by atoms with Crippen LogP contribution < -0.4 is 5.32 Å². The molecule has 2 aromatic carbocycles. The van der Waals surface area contributed by atoms with Gasteiger partial charge in [0.2, 0.25) is 17.3 Å². The molecule has 10 nitrogen and oxygen atoms in total. The summed E-state index contributed by atoms with van der Waals surface area (Å²) < 4.78 is 17.0. The summed E-state index contributed by atoms with van der Waals surface area (Å²) in [6.07, 6.45) is -0.793. The molecular formula is C23H24N3O7S+. The molecule has 3 amide bonds. The van der Waals surface area contributed by atoms with Crippen molar-refractivity contribution in [3.8, 4) is 0 Å². The Labute approximate surface area is 198 Å². The molecule has 1 N–H and O–H groups in total. The number of amides is 3. The third kappa shape index (κ3) is 4.01. The highest BCUT2D eigenvalue weighted by atomic mass is 32.2. The van der Waals surface area contributed by atoms with Crippen molar-refractivity contribution in [1.29, 1.82) is 0 Å². The first-order valence-electron chi connectivity index (χ1n) is 10.6. The number of imide groups is 1. The highest BCUT2D eigenvalue weighted by molar-refractivity contribution is 7.87. The molecule has 2 aromatic rings. The second-order valence-corrected chi connectivity index (χ2v) is 11.2. The van der Waals surface area contributed by atoms with E-state index in [0.717, 1.165) is 5.56 Å². The summed E-state index contributed by atoms with van der Waals surface area (Å²) in [5, 5.41) is 12.5. The highest BCUT2D eigenvalue weighted by Gasteiger charge is 2.79. The fourth-order valence-corrected chi connectivity index (χ4v) is 6.49. The van der Waals surface area contributed by atoms with Crippen LogP contribution in [0.1, 0.15) is 25.0 Å². The lowest BCUT2D eigenvalue weighted by molar-refractivity contribution is -0.820. The van der Waals surface area contributed by atoms with E-state index in [1.807, 2.05) is 6.07 Å². The predicted molar refractivity (Wildman–Crippen MR) is 122 cm³/mol. The Balaban J connectivity index is 1.48. The van der Waals surface area contributed by atoms with E-state index in [-0.39, 0.29) is 25.3 Å². The number of non-ortho nitro benzene ring substituents is 1. The lowest BCUT2D eigenvalue weighted by Gasteiger charge is -2.44. The zero-order valence-corrected chi connectivity index (χ0v) is 19.4. The number of carbonyl (C=O) groups is 3. The SMILES string of the molecule is CC1(C)C[N+]2(C(=O)OCc3ccc([N+](=O)[O-])cc3)C(=O)C(NC(=O)Cc3ccccc3)[C@@H]2S1=O. The van der Waals surface area contributed by atoms with E-state index in [2.05, 4.69) is 5.32 Å². The van der Waals surface area contributed by atoms with Crippen molar-refractivity contribution in [3.05, 3.63) is 75.8 Å². The first-order chi connectivity index (χ1) is 16.1. The quantitative estimate of drug-likeness (QED) is 0.286. The van der Waals surface area contributed by atoms with E-state index in [0.29, 0.717) is 5.56 Å². The summed E-state index contributed by atoms with van der Waals surface area (Å²) in [6, 6.07) is 13.4. The summed E-state index contributed by atoms with van der Waals surface area (Å²) in [7, 11) is -1.59. The van der Waals surface area contributed by atoms with Gasteiger partial charge in [-0.15, -0.1) is 4.48 Å². The minimum absolute atomic E-state index is 0.00668. The number of hydrogen-bond acceptors (Lipinski definition) is 7. The largest absolute Gasteiger partial charge is 0.525 e. The first-order valence-corrected chi connectivity index (χ1v) is 11.8. The molecule has 2 aliphatic rings. The topological polar surface area (TPSA) is 133 Å². The first kappa shape index (κ1) is 23.7. The predicted octanol–water partition coefficient (Wildman–Crippen LogP) is 2.18. The molecule has 2 heterocycles. The molecule has 0 aromatic heterocycles. The van der Waals surface area contributed by atoms with Crippen LogP contribution in [0.2, 0.25) is 0 Å². The van der Waals surface area contributed by atoms with E-state index < -0.39 is 54.3 Å². The van der Waals surface area contributed by atoms with Gasteiger partial charge >= 0.3 is 12.0 Å². The zero-order valence-electron chi connectivity index (χ0n) is 18.6. The summed E-state index contributed by atoms with van der Waals surface area (Å²) in [6.45, 7) is 3.21. The summed E-state index contributed by atoms with van der Waals surface area (Å²) in [5.74, 6) is -0.956. The third-order valence-electron chi connectivity index (χ3n) is 6.13. The Morgan fingerprint density at radius 2 is 1.79 bits per heavy atom. The zero-order chi connectivity index (χ0) is 24.7. The van der Waals surface area contributed by atoms with Gasteiger partial charge < -0.3 is 10.1 Å². The number of quaternary nitrogens is 1. The van der Waals surface area contributed by atoms with Crippen molar-refractivity contribution >= 4 is 34.4 Å². The van der Waals surface area contributed by atoms with Gasteiger partial charge in [-0.1, -0.05) is 30.3 Å². The molecule has 4 atom stereocenters. The normalized spacial score (nSPS) is 26.8. The average Bonchev–Trinajstić information content (AvgIpc) is 3.00. The van der Waals surface area contributed by atoms with Crippen LogP contribution >= 0.6 is 0 Å². The standard InChI is InChI=1S/C23H23N3O7S/c1-23(2)14-26(22(29)33-13-16-8-10-17(11-9-16)25(30)31)20(28)19(21(26)34(23)32)24-18(27)12-15-6-4-3-5-7-15/h3-11,19,21H,12-14H2,1-2H3/p+1/t19?,21-,26?,34?/m0/s1.